The number of amides is 1. The Kier molecular flexibility index (Phi) is 11.7. The molecule has 2 atom stereocenters. The molecule has 9 heteroatoms. The van der Waals surface area contributed by atoms with E-state index in [0.29, 0.717) is 25.1 Å². The van der Waals surface area contributed by atoms with Crippen LogP contribution in [0.4, 0.5) is 0 Å². The molecule has 0 aliphatic carbocycles. The second-order valence-electron chi connectivity index (χ2n) is 8.50. The fourth-order valence-corrected chi connectivity index (χ4v) is 3.25. The summed E-state index contributed by atoms with van der Waals surface area (Å²) in [6.45, 7) is 10.5. The molecule has 0 aliphatic heterocycles. The van der Waals surface area contributed by atoms with Crippen LogP contribution in [0.5, 0.6) is 0 Å². The molecule has 28 heavy (non-hydrogen) atoms. The van der Waals surface area contributed by atoms with Crippen LogP contribution in [-0.4, -0.2) is 70.9 Å². The average Bonchev–Trinajstić information content (AvgIpc) is 2.55. The van der Waals surface area contributed by atoms with Gasteiger partial charge in [0.05, 0.1) is 19.6 Å². The van der Waals surface area contributed by atoms with E-state index in [1.54, 1.807) is 0 Å². The summed E-state index contributed by atoms with van der Waals surface area (Å²) in [6, 6.07) is -1.82. The highest BCUT2D eigenvalue weighted by Gasteiger charge is 2.29. The first kappa shape index (κ1) is 26.7. The van der Waals surface area contributed by atoms with Crippen molar-refractivity contribution in [1.82, 2.24) is 10.6 Å². The summed E-state index contributed by atoms with van der Waals surface area (Å²) in [5.41, 5.74) is -0.135. The Morgan fingerprint density at radius 1 is 1.07 bits per heavy atom. The molecule has 0 aliphatic rings. The summed E-state index contributed by atoms with van der Waals surface area (Å²) in [7, 11) is 1.25. The van der Waals surface area contributed by atoms with E-state index in [1.807, 2.05) is 34.6 Å². The zero-order chi connectivity index (χ0) is 22.0. The smallest absolute Gasteiger partial charge is 0.329 e. The number of ether oxygens (including phenoxy) is 1. The highest BCUT2D eigenvalue weighted by molar-refractivity contribution is 8.00. The molecule has 8 nitrogen and oxygen atoms in total. The minimum atomic E-state index is -1.11. The number of thioether (sulfide) groups is 1. The van der Waals surface area contributed by atoms with Crippen molar-refractivity contribution >= 4 is 29.6 Å². The third kappa shape index (κ3) is 12.2. The summed E-state index contributed by atoms with van der Waals surface area (Å²) in [6.07, 6.45) is 0.878. The quantitative estimate of drug-likeness (QED) is 0.330. The van der Waals surface area contributed by atoms with Crippen molar-refractivity contribution in [3.63, 3.8) is 0 Å². The van der Waals surface area contributed by atoms with Gasteiger partial charge < -0.3 is 25.6 Å². The molecule has 0 aromatic heterocycles. The topological polar surface area (TPSA) is 125 Å². The lowest BCUT2D eigenvalue weighted by molar-refractivity contribution is -0.145. The summed E-state index contributed by atoms with van der Waals surface area (Å²) in [4.78, 5) is 35.8. The van der Waals surface area contributed by atoms with Crippen LogP contribution in [0.25, 0.3) is 0 Å². The number of esters is 1. The normalized spacial score (nSPS) is 14.2. The predicted molar refractivity (Wildman–Crippen MR) is 110 cm³/mol. The number of rotatable bonds is 13. The van der Waals surface area contributed by atoms with Gasteiger partial charge in [0.2, 0.25) is 5.91 Å². The molecule has 0 radical (unpaired) electrons. The van der Waals surface area contributed by atoms with Gasteiger partial charge in [-0.1, -0.05) is 34.6 Å². The number of carbonyl (C=O) groups excluding carboxylic acids is 2. The van der Waals surface area contributed by atoms with Gasteiger partial charge >= 0.3 is 11.9 Å². The van der Waals surface area contributed by atoms with Gasteiger partial charge in [-0.05, 0) is 24.8 Å². The Morgan fingerprint density at radius 2 is 1.68 bits per heavy atom. The van der Waals surface area contributed by atoms with Crippen molar-refractivity contribution in [2.45, 2.75) is 70.7 Å². The number of methoxy groups -OCH3 is 1. The van der Waals surface area contributed by atoms with E-state index in [-0.39, 0.29) is 16.8 Å². The maximum Gasteiger partial charge on any atom is 0.329 e. The van der Waals surface area contributed by atoms with Crippen LogP contribution < -0.4 is 10.6 Å². The van der Waals surface area contributed by atoms with Crippen molar-refractivity contribution in [2.75, 3.05) is 26.0 Å². The second kappa shape index (κ2) is 12.3. The third-order valence-corrected chi connectivity index (χ3v) is 5.53. The molecule has 4 N–H and O–H groups in total. The molecule has 0 saturated heterocycles. The highest BCUT2D eigenvalue weighted by atomic mass is 32.2. The second-order valence-corrected chi connectivity index (χ2v) is 10.3. The minimum absolute atomic E-state index is 0.0678. The standard InChI is InChI=1S/C19H36N2O6S/c1-18(2,3)28-12-14(17(26)27-6)21-16(25)13(11-15(23)24)20-9-7-19(4,5)8-10-22/h13-14,20,22H,7-12H2,1-6H3,(H,21,25)(H,23,24)/t13-,14-/m0/s1. The van der Waals surface area contributed by atoms with Gasteiger partial charge in [-0.15, -0.1) is 0 Å². The molecule has 0 unspecified atom stereocenters. The number of nitrogens with one attached hydrogen (secondary N) is 2. The summed E-state index contributed by atoms with van der Waals surface area (Å²) < 4.78 is 4.66. The highest BCUT2D eigenvalue weighted by Crippen LogP contribution is 2.24. The number of aliphatic carboxylic acids is 1. The Labute approximate surface area is 172 Å². The van der Waals surface area contributed by atoms with Gasteiger partial charge in [0.15, 0.2) is 0 Å². The van der Waals surface area contributed by atoms with Gasteiger partial charge in [0.25, 0.3) is 0 Å². The van der Waals surface area contributed by atoms with Crippen LogP contribution in [0.15, 0.2) is 0 Å². The fourth-order valence-electron chi connectivity index (χ4n) is 2.36. The third-order valence-electron chi connectivity index (χ3n) is 4.16. The van der Waals surface area contributed by atoms with Crippen LogP contribution >= 0.6 is 11.8 Å². The molecule has 0 fully saturated rings. The zero-order valence-electron chi connectivity index (χ0n) is 17.8. The van der Waals surface area contributed by atoms with Crippen LogP contribution in [0.1, 0.15) is 53.9 Å². The number of hydrogen-bond donors (Lipinski definition) is 4. The molecule has 1 amide bonds. The summed E-state index contributed by atoms with van der Waals surface area (Å²) >= 11 is 1.50. The van der Waals surface area contributed by atoms with E-state index in [2.05, 4.69) is 10.6 Å². The van der Waals surface area contributed by atoms with E-state index in [9.17, 15) is 14.4 Å². The molecular weight excluding hydrogens is 384 g/mol. The van der Waals surface area contributed by atoms with E-state index < -0.39 is 36.4 Å². The van der Waals surface area contributed by atoms with Crippen molar-refractivity contribution < 1.29 is 29.3 Å². The van der Waals surface area contributed by atoms with Gasteiger partial charge in [-0.3, -0.25) is 9.59 Å². The SMILES string of the molecule is COC(=O)[C@H](CSC(C)(C)C)NC(=O)[C@H](CC(=O)O)NCCC(C)(C)CCO. The van der Waals surface area contributed by atoms with Gasteiger partial charge in [-0.2, -0.15) is 11.8 Å². The molecule has 0 rings (SSSR count). The first-order valence-corrected chi connectivity index (χ1v) is 10.4. The van der Waals surface area contributed by atoms with Crippen molar-refractivity contribution in [1.29, 1.82) is 0 Å². The first-order chi connectivity index (χ1) is 12.8. The molecule has 164 valence electrons. The van der Waals surface area contributed by atoms with Crippen molar-refractivity contribution in [3.05, 3.63) is 0 Å². The lowest BCUT2D eigenvalue weighted by Crippen LogP contribution is -2.52. The molecule has 0 aromatic rings. The van der Waals surface area contributed by atoms with E-state index in [1.165, 1.54) is 18.9 Å². The fraction of sp³-hybridized carbons (Fsp3) is 0.842. The Bertz CT molecular complexity index is 519. The van der Waals surface area contributed by atoms with Gasteiger partial charge in [-0.25, -0.2) is 4.79 Å². The van der Waals surface area contributed by atoms with E-state index in [0.717, 1.165) is 0 Å². The number of hydrogen-bond acceptors (Lipinski definition) is 7. The largest absolute Gasteiger partial charge is 0.481 e. The number of carboxylic acids is 1. The Morgan fingerprint density at radius 3 is 2.14 bits per heavy atom. The minimum Gasteiger partial charge on any atom is -0.481 e. The molecule has 0 saturated carbocycles. The van der Waals surface area contributed by atoms with E-state index in [4.69, 9.17) is 14.9 Å². The monoisotopic (exact) mass is 420 g/mol. The molecule has 0 bridgehead atoms. The summed E-state index contributed by atoms with van der Waals surface area (Å²) in [5, 5.41) is 23.8. The maximum absolute atomic E-state index is 12.6. The van der Waals surface area contributed by atoms with E-state index >= 15 is 0 Å². The Hall–Kier alpha value is -1.32. The van der Waals surface area contributed by atoms with Crippen LogP contribution in [0.3, 0.4) is 0 Å². The molecular formula is C19H36N2O6S. The van der Waals surface area contributed by atoms with Crippen LogP contribution in [-0.2, 0) is 19.1 Å². The Balaban J connectivity index is 4.99. The number of carbonyl (C=O) groups is 3. The molecule has 0 aromatic carbocycles. The maximum atomic E-state index is 12.6. The predicted octanol–water partition coefficient (Wildman–Crippen LogP) is 1.41. The lowest BCUT2D eigenvalue weighted by Gasteiger charge is -2.26. The van der Waals surface area contributed by atoms with Crippen molar-refractivity contribution in [2.24, 2.45) is 5.41 Å². The van der Waals surface area contributed by atoms with Gasteiger partial charge in [0.1, 0.15) is 6.04 Å². The van der Waals surface area contributed by atoms with Crippen molar-refractivity contribution in [3.8, 4) is 0 Å². The lowest BCUT2D eigenvalue weighted by atomic mass is 9.86. The molecule has 0 heterocycles. The average molecular weight is 421 g/mol. The number of aliphatic hydroxyl groups excluding tert-OH is 1. The first-order valence-electron chi connectivity index (χ1n) is 9.39. The van der Waals surface area contributed by atoms with Gasteiger partial charge in [0, 0.05) is 17.1 Å². The van der Waals surface area contributed by atoms with Crippen LogP contribution in [0, 0.1) is 5.41 Å². The molecule has 0 spiro atoms. The zero-order valence-corrected chi connectivity index (χ0v) is 18.6. The summed E-state index contributed by atoms with van der Waals surface area (Å²) in [5.74, 6) is -1.90. The number of aliphatic hydroxyl groups is 1. The number of carboxylic acid groups (broad SMARTS) is 1. The van der Waals surface area contributed by atoms with Crippen LogP contribution in [0.2, 0.25) is 0 Å².